The molecule has 0 bridgehead atoms. The van der Waals surface area contributed by atoms with Crippen LogP contribution in [0, 0.1) is 0 Å². The van der Waals surface area contributed by atoms with E-state index in [-0.39, 0.29) is 17.4 Å². The van der Waals surface area contributed by atoms with E-state index >= 15 is 0 Å². The maximum Gasteiger partial charge on any atom is 0.235 e. The summed E-state index contributed by atoms with van der Waals surface area (Å²) in [5.41, 5.74) is 1.33. The fourth-order valence-corrected chi connectivity index (χ4v) is 5.28. The molecule has 0 spiro atoms. The molecule has 2 aromatic rings. The number of benzene rings is 2. The van der Waals surface area contributed by atoms with Crippen LogP contribution in [0.2, 0.25) is 10.0 Å². The van der Waals surface area contributed by atoms with Gasteiger partial charge in [-0.1, -0.05) is 35.7 Å². The van der Waals surface area contributed by atoms with Gasteiger partial charge in [0.2, 0.25) is 5.91 Å². The SMILES string of the molecule is COc1ccc(C2CC(C)(C)N(c3ccc(Cl)c(Cl)c3)C2=O)cc1OCCN1CCCCC1. The minimum Gasteiger partial charge on any atom is -0.493 e. The third-order valence-electron chi connectivity index (χ3n) is 6.69. The van der Waals surface area contributed by atoms with Gasteiger partial charge in [0.1, 0.15) is 6.61 Å². The van der Waals surface area contributed by atoms with Crippen molar-refractivity contribution in [1.29, 1.82) is 0 Å². The Morgan fingerprint density at radius 1 is 1.00 bits per heavy atom. The molecule has 0 aliphatic carbocycles. The second kappa shape index (κ2) is 10.1. The Morgan fingerprint density at radius 3 is 2.45 bits per heavy atom. The van der Waals surface area contributed by atoms with Gasteiger partial charge in [0, 0.05) is 17.8 Å². The van der Waals surface area contributed by atoms with Gasteiger partial charge in [0.15, 0.2) is 11.5 Å². The molecule has 1 amide bonds. The average Bonchev–Trinajstić information content (AvgIpc) is 3.05. The Bertz CT molecular complexity index is 1010. The zero-order chi connectivity index (χ0) is 23.6. The van der Waals surface area contributed by atoms with Gasteiger partial charge in [-0.05, 0) is 82.1 Å². The normalized spacial score (nSPS) is 20.8. The van der Waals surface area contributed by atoms with E-state index in [1.54, 1.807) is 19.2 Å². The number of nitrogens with zero attached hydrogens (tertiary/aromatic N) is 2. The van der Waals surface area contributed by atoms with Crippen LogP contribution in [-0.2, 0) is 4.79 Å². The van der Waals surface area contributed by atoms with Crippen LogP contribution in [0.3, 0.4) is 0 Å². The maximum atomic E-state index is 13.6. The summed E-state index contributed by atoms with van der Waals surface area (Å²) in [7, 11) is 1.64. The fourth-order valence-electron chi connectivity index (χ4n) is 4.98. The van der Waals surface area contributed by atoms with Crippen LogP contribution >= 0.6 is 23.2 Å². The number of hydrogen-bond donors (Lipinski definition) is 0. The first-order valence-electron chi connectivity index (χ1n) is 11.6. The number of anilines is 1. The van der Waals surface area contributed by atoms with E-state index in [9.17, 15) is 4.79 Å². The van der Waals surface area contributed by atoms with Crippen molar-refractivity contribution in [2.75, 3.05) is 38.3 Å². The van der Waals surface area contributed by atoms with Crippen LogP contribution in [0.5, 0.6) is 11.5 Å². The minimum absolute atomic E-state index is 0.0443. The molecule has 178 valence electrons. The Kier molecular flexibility index (Phi) is 7.42. The molecule has 5 nitrogen and oxygen atoms in total. The molecule has 1 unspecified atom stereocenters. The number of hydrogen-bond acceptors (Lipinski definition) is 4. The second-order valence-corrected chi connectivity index (χ2v) is 10.3. The lowest BCUT2D eigenvalue weighted by Gasteiger charge is -2.31. The van der Waals surface area contributed by atoms with Crippen molar-refractivity contribution in [2.45, 2.75) is 51.0 Å². The molecular formula is C26H32Cl2N2O3. The molecule has 0 saturated carbocycles. The number of carbonyl (C=O) groups excluding carboxylic acids is 1. The van der Waals surface area contributed by atoms with Gasteiger partial charge < -0.3 is 14.4 Å². The zero-order valence-electron chi connectivity index (χ0n) is 19.6. The molecule has 1 atom stereocenters. The van der Waals surface area contributed by atoms with Crippen molar-refractivity contribution < 1.29 is 14.3 Å². The first-order chi connectivity index (χ1) is 15.8. The topological polar surface area (TPSA) is 42.0 Å². The van der Waals surface area contributed by atoms with Crippen LogP contribution in [-0.4, -0.2) is 49.7 Å². The molecule has 2 fully saturated rings. The number of amides is 1. The van der Waals surface area contributed by atoms with E-state index in [1.807, 2.05) is 29.2 Å². The lowest BCUT2D eigenvalue weighted by molar-refractivity contribution is -0.118. The highest BCUT2D eigenvalue weighted by molar-refractivity contribution is 6.42. The van der Waals surface area contributed by atoms with Gasteiger partial charge in [-0.3, -0.25) is 9.69 Å². The number of rotatable bonds is 7. The molecule has 0 radical (unpaired) electrons. The van der Waals surface area contributed by atoms with Gasteiger partial charge in [-0.15, -0.1) is 0 Å². The van der Waals surface area contributed by atoms with Crippen molar-refractivity contribution >= 4 is 34.8 Å². The summed E-state index contributed by atoms with van der Waals surface area (Å²) in [6, 6.07) is 11.2. The van der Waals surface area contributed by atoms with Crippen molar-refractivity contribution in [2.24, 2.45) is 0 Å². The number of likely N-dealkylation sites (tertiary alicyclic amines) is 1. The molecule has 2 heterocycles. The molecule has 2 saturated heterocycles. The first-order valence-corrected chi connectivity index (χ1v) is 12.4. The van der Waals surface area contributed by atoms with Crippen LogP contribution < -0.4 is 14.4 Å². The van der Waals surface area contributed by atoms with Crippen LogP contribution in [0.25, 0.3) is 0 Å². The van der Waals surface area contributed by atoms with Gasteiger partial charge in [-0.2, -0.15) is 0 Å². The third-order valence-corrected chi connectivity index (χ3v) is 7.43. The molecule has 0 aromatic heterocycles. The molecule has 2 aliphatic heterocycles. The van der Waals surface area contributed by atoms with Crippen LogP contribution in [0.15, 0.2) is 36.4 Å². The highest BCUT2D eigenvalue weighted by Crippen LogP contribution is 2.45. The lowest BCUT2D eigenvalue weighted by atomic mass is 9.90. The van der Waals surface area contributed by atoms with Gasteiger partial charge in [0.05, 0.1) is 23.1 Å². The standard InChI is InChI=1S/C26H32Cl2N2O3/c1-26(2)17-20(25(31)30(26)19-8-9-21(27)22(28)16-19)18-7-10-23(32-3)24(15-18)33-14-13-29-11-5-4-6-12-29/h7-10,15-16,20H,4-6,11-14,17H2,1-3H3. The third kappa shape index (κ3) is 5.26. The van der Waals surface area contributed by atoms with Crippen molar-refractivity contribution in [3.8, 4) is 11.5 Å². The minimum atomic E-state index is -0.367. The molecule has 7 heteroatoms. The smallest absolute Gasteiger partial charge is 0.235 e. The highest BCUT2D eigenvalue weighted by atomic mass is 35.5. The van der Waals surface area contributed by atoms with E-state index in [1.165, 1.54) is 19.3 Å². The molecule has 2 aliphatic rings. The molecule has 4 rings (SSSR count). The molecule has 33 heavy (non-hydrogen) atoms. The van der Waals surface area contributed by atoms with E-state index in [0.717, 1.165) is 30.9 Å². The average molecular weight is 491 g/mol. The summed E-state index contributed by atoms with van der Waals surface area (Å²) in [6.45, 7) is 7.92. The number of piperidine rings is 1. The van der Waals surface area contributed by atoms with Crippen molar-refractivity contribution in [3.05, 3.63) is 52.0 Å². The Hall–Kier alpha value is -1.95. The summed E-state index contributed by atoms with van der Waals surface area (Å²) in [6.07, 6.45) is 4.52. The van der Waals surface area contributed by atoms with E-state index in [0.29, 0.717) is 34.6 Å². The van der Waals surface area contributed by atoms with Crippen molar-refractivity contribution in [3.63, 3.8) is 0 Å². The number of ether oxygens (including phenoxy) is 2. The van der Waals surface area contributed by atoms with Gasteiger partial charge in [0.25, 0.3) is 0 Å². The summed E-state index contributed by atoms with van der Waals surface area (Å²) in [4.78, 5) is 17.9. The van der Waals surface area contributed by atoms with E-state index < -0.39 is 0 Å². The van der Waals surface area contributed by atoms with Crippen molar-refractivity contribution in [1.82, 2.24) is 4.90 Å². The number of halogens is 2. The predicted octanol–water partition coefficient (Wildman–Crippen LogP) is 6.17. The van der Waals surface area contributed by atoms with Crippen LogP contribution in [0.4, 0.5) is 5.69 Å². The Morgan fingerprint density at radius 2 is 1.76 bits per heavy atom. The summed E-state index contributed by atoms with van der Waals surface area (Å²) >= 11 is 12.3. The monoisotopic (exact) mass is 490 g/mol. The summed E-state index contributed by atoms with van der Waals surface area (Å²) in [5.74, 6) is 1.14. The van der Waals surface area contributed by atoms with E-state index in [2.05, 4.69) is 18.7 Å². The lowest BCUT2D eigenvalue weighted by Crippen LogP contribution is -2.41. The number of methoxy groups -OCH3 is 1. The quantitative estimate of drug-likeness (QED) is 0.465. The first kappa shape index (κ1) is 24.2. The Labute approximate surface area is 206 Å². The maximum absolute atomic E-state index is 13.6. The largest absolute Gasteiger partial charge is 0.493 e. The molecular weight excluding hydrogens is 459 g/mol. The Balaban J connectivity index is 1.53. The summed E-state index contributed by atoms with van der Waals surface area (Å²) in [5, 5.41) is 0.915. The molecule has 0 N–H and O–H groups in total. The van der Waals surface area contributed by atoms with E-state index in [4.69, 9.17) is 32.7 Å². The van der Waals surface area contributed by atoms with Crippen LogP contribution in [0.1, 0.15) is 51.0 Å². The predicted molar refractivity (Wildman–Crippen MR) is 134 cm³/mol. The second-order valence-electron chi connectivity index (χ2n) is 9.50. The highest BCUT2D eigenvalue weighted by Gasteiger charge is 2.46. The number of carbonyl (C=O) groups is 1. The zero-order valence-corrected chi connectivity index (χ0v) is 21.1. The molecule has 2 aromatic carbocycles. The van der Waals surface area contributed by atoms with Gasteiger partial charge in [-0.25, -0.2) is 0 Å². The fraction of sp³-hybridized carbons (Fsp3) is 0.500. The van der Waals surface area contributed by atoms with Gasteiger partial charge >= 0.3 is 0 Å². The summed E-state index contributed by atoms with van der Waals surface area (Å²) < 4.78 is 11.7.